The molecule has 0 aromatic carbocycles. The number of ether oxygens (including phenoxy) is 1. The summed E-state index contributed by atoms with van der Waals surface area (Å²) in [6.07, 6.45) is 6.25. The van der Waals surface area contributed by atoms with Crippen LogP contribution in [0, 0.1) is 17.3 Å². The third-order valence-electron chi connectivity index (χ3n) is 6.04. The van der Waals surface area contributed by atoms with Gasteiger partial charge in [0.05, 0.1) is 11.0 Å². The molecule has 22 heavy (non-hydrogen) atoms. The molecule has 0 aromatic rings. The summed E-state index contributed by atoms with van der Waals surface area (Å²) in [6.45, 7) is 1.64. The SMILES string of the molecule is C[C@@H](OC(=O)C12C[C@H]3C[C@@H](CC(O)(C3)C1)C2)C(=O)NC1CC1. The van der Waals surface area contributed by atoms with Gasteiger partial charge in [0, 0.05) is 6.04 Å². The van der Waals surface area contributed by atoms with Crippen molar-refractivity contribution in [3.05, 3.63) is 0 Å². The first kappa shape index (κ1) is 14.5. The normalized spacial score (nSPS) is 43.7. The highest BCUT2D eigenvalue weighted by atomic mass is 16.5. The van der Waals surface area contributed by atoms with Gasteiger partial charge in [-0.3, -0.25) is 9.59 Å². The van der Waals surface area contributed by atoms with Crippen LogP contribution in [0.15, 0.2) is 0 Å². The topological polar surface area (TPSA) is 75.6 Å². The second-order valence-electron chi connectivity index (χ2n) is 8.30. The van der Waals surface area contributed by atoms with E-state index in [1.165, 1.54) is 0 Å². The third-order valence-corrected chi connectivity index (χ3v) is 6.04. The predicted octanol–water partition coefficient (Wildman–Crippen LogP) is 1.53. The second-order valence-corrected chi connectivity index (χ2v) is 8.30. The number of hydrogen-bond donors (Lipinski definition) is 2. The van der Waals surface area contributed by atoms with E-state index in [1.54, 1.807) is 6.92 Å². The van der Waals surface area contributed by atoms with Gasteiger partial charge in [-0.2, -0.15) is 0 Å². The van der Waals surface area contributed by atoms with Gasteiger partial charge in [0.25, 0.3) is 5.91 Å². The average Bonchev–Trinajstić information content (AvgIpc) is 3.19. The summed E-state index contributed by atoms with van der Waals surface area (Å²) >= 11 is 0. The van der Waals surface area contributed by atoms with Crippen LogP contribution in [0.25, 0.3) is 0 Å². The van der Waals surface area contributed by atoms with Crippen LogP contribution in [0.2, 0.25) is 0 Å². The van der Waals surface area contributed by atoms with Gasteiger partial charge in [0.1, 0.15) is 0 Å². The minimum absolute atomic E-state index is 0.195. The van der Waals surface area contributed by atoms with Crippen molar-refractivity contribution in [3.63, 3.8) is 0 Å². The van der Waals surface area contributed by atoms with Crippen LogP contribution in [0.5, 0.6) is 0 Å². The van der Waals surface area contributed by atoms with E-state index in [9.17, 15) is 14.7 Å². The fraction of sp³-hybridized carbons (Fsp3) is 0.882. The molecule has 1 amide bonds. The van der Waals surface area contributed by atoms with E-state index in [0.717, 1.165) is 44.9 Å². The highest BCUT2D eigenvalue weighted by Crippen LogP contribution is 2.62. The molecule has 5 heteroatoms. The number of hydrogen-bond acceptors (Lipinski definition) is 4. The molecule has 0 saturated heterocycles. The zero-order valence-corrected chi connectivity index (χ0v) is 13.1. The standard InChI is InChI=1S/C17H25NO4/c1-10(14(19)18-13-2-3-13)22-15(20)16-5-11-4-12(6-16)8-17(21,7-11)9-16/h10-13,21H,2-9H2,1H3,(H,18,19)/t10-,11-,12-,16?,17?/m1/s1. The van der Waals surface area contributed by atoms with Crippen molar-refractivity contribution < 1.29 is 19.4 Å². The van der Waals surface area contributed by atoms with Gasteiger partial charge in [-0.05, 0) is 70.1 Å². The molecule has 5 nitrogen and oxygen atoms in total. The maximum atomic E-state index is 12.7. The van der Waals surface area contributed by atoms with Crippen LogP contribution >= 0.6 is 0 Å². The molecule has 5 fully saturated rings. The third kappa shape index (κ3) is 2.43. The van der Waals surface area contributed by atoms with Crippen LogP contribution in [0.1, 0.15) is 58.3 Å². The lowest BCUT2D eigenvalue weighted by molar-refractivity contribution is -0.200. The molecule has 5 aliphatic rings. The molecule has 0 unspecified atom stereocenters. The molecule has 5 aliphatic carbocycles. The van der Waals surface area contributed by atoms with E-state index >= 15 is 0 Å². The number of esters is 1. The van der Waals surface area contributed by atoms with Crippen molar-refractivity contribution in [1.29, 1.82) is 0 Å². The maximum Gasteiger partial charge on any atom is 0.312 e. The first-order valence-electron chi connectivity index (χ1n) is 8.61. The van der Waals surface area contributed by atoms with Gasteiger partial charge >= 0.3 is 5.97 Å². The van der Waals surface area contributed by atoms with Crippen LogP contribution in [-0.4, -0.2) is 34.7 Å². The average molecular weight is 307 g/mol. The first-order valence-corrected chi connectivity index (χ1v) is 8.61. The van der Waals surface area contributed by atoms with Gasteiger partial charge in [-0.1, -0.05) is 0 Å². The molecule has 0 radical (unpaired) electrons. The first-order chi connectivity index (χ1) is 10.4. The Morgan fingerprint density at radius 3 is 2.36 bits per heavy atom. The van der Waals surface area contributed by atoms with E-state index in [0.29, 0.717) is 18.3 Å². The number of nitrogens with one attached hydrogen (secondary N) is 1. The molecule has 5 rings (SSSR count). The summed E-state index contributed by atoms with van der Waals surface area (Å²) < 4.78 is 5.51. The van der Waals surface area contributed by atoms with Crippen LogP contribution in [0.3, 0.4) is 0 Å². The van der Waals surface area contributed by atoms with Gasteiger partial charge < -0.3 is 15.2 Å². The Kier molecular flexibility index (Phi) is 3.09. The van der Waals surface area contributed by atoms with E-state index in [1.807, 2.05) is 0 Å². The van der Waals surface area contributed by atoms with Crippen molar-refractivity contribution in [2.45, 2.75) is 76.0 Å². The summed E-state index contributed by atoms with van der Waals surface area (Å²) in [7, 11) is 0. The molecule has 122 valence electrons. The molecule has 3 atom stereocenters. The number of amides is 1. The van der Waals surface area contributed by atoms with E-state index in [4.69, 9.17) is 4.74 Å². The molecular formula is C17H25NO4. The summed E-state index contributed by atoms with van der Waals surface area (Å²) in [4.78, 5) is 24.7. The Bertz CT molecular complexity index is 499. The van der Waals surface area contributed by atoms with Gasteiger partial charge in [0.2, 0.25) is 0 Å². The van der Waals surface area contributed by atoms with E-state index in [-0.39, 0.29) is 17.9 Å². The largest absolute Gasteiger partial charge is 0.452 e. The summed E-state index contributed by atoms with van der Waals surface area (Å²) in [5, 5.41) is 13.6. The van der Waals surface area contributed by atoms with Gasteiger partial charge in [0.15, 0.2) is 6.10 Å². The van der Waals surface area contributed by atoms with Crippen LogP contribution in [0.4, 0.5) is 0 Å². The Balaban J connectivity index is 1.44. The molecular weight excluding hydrogens is 282 g/mol. The summed E-state index contributed by atoms with van der Waals surface area (Å²) in [6, 6.07) is 0.272. The van der Waals surface area contributed by atoms with Crippen molar-refractivity contribution in [2.75, 3.05) is 0 Å². The minimum Gasteiger partial charge on any atom is -0.452 e. The number of aliphatic hydroxyl groups is 1. The Morgan fingerprint density at radius 2 is 1.82 bits per heavy atom. The zero-order chi connectivity index (χ0) is 15.5. The lowest BCUT2D eigenvalue weighted by Gasteiger charge is -2.58. The smallest absolute Gasteiger partial charge is 0.312 e. The highest BCUT2D eigenvalue weighted by molar-refractivity contribution is 5.85. The lowest BCUT2D eigenvalue weighted by atomic mass is 9.48. The fourth-order valence-corrected chi connectivity index (χ4v) is 5.34. The number of rotatable bonds is 4. The molecule has 0 heterocycles. The second kappa shape index (κ2) is 4.70. The fourth-order valence-electron chi connectivity index (χ4n) is 5.34. The molecule has 0 aliphatic heterocycles. The molecule has 0 aromatic heterocycles. The zero-order valence-electron chi connectivity index (χ0n) is 13.1. The van der Waals surface area contributed by atoms with Crippen molar-refractivity contribution in [2.24, 2.45) is 17.3 Å². The van der Waals surface area contributed by atoms with E-state index < -0.39 is 17.1 Å². The number of carbonyl (C=O) groups is 2. The van der Waals surface area contributed by atoms with Crippen molar-refractivity contribution >= 4 is 11.9 Å². The van der Waals surface area contributed by atoms with Crippen molar-refractivity contribution in [3.8, 4) is 0 Å². The summed E-state index contributed by atoms with van der Waals surface area (Å²) in [5.74, 6) is 0.418. The highest BCUT2D eigenvalue weighted by Gasteiger charge is 2.61. The molecule has 4 bridgehead atoms. The summed E-state index contributed by atoms with van der Waals surface area (Å²) in [5.41, 5.74) is -1.23. The monoisotopic (exact) mass is 307 g/mol. The van der Waals surface area contributed by atoms with Gasteiger partial charge in [-0.25, -0.2) is 0 Å². The minimum atomic E-state index is -0.740. The molecule has 2 N–H and O–H groups in total. The van der Waals surface area contributed by atoms with Crippen LogP contribution < -0.4 is 5.32 Å². The lowest BCUT2D eigenvalue weighted by Crippen LogP contribution is -2.59. The van der Waals surface area contributed by atoms with Crippen LogP contribution in [-0.2, 0) is 14.3 Å². The predicted molar refractivity (Wildman–Crippen MR) is 78.8 cm³/mol. The molecule has 5 saturated carbocycles. The number of carbonyl (C=O) groups excluding carboxylic acids is 2. The quantitative estimate of drug-likeness (QED) is 0.772. The maximum absolute atomic E-state index is 12.7. The van der Waals surface area contributed by atoms with E-state index in [2.05, 4.69) is 5.32 Å². The molecule has 0 spiro atoms. The Hall–Kier alpha value is -1.10. The Morgan fingerprint density at radius 1 is 1.18 bits per heavy atom. The van der Waals surface area contributed by atoms with Gasteiger partial charge in [-0.15, -0.1) is 0 Å². The van der Waals surface area contributed by atoms with Crippen molar-refractivity contribution in [1.82, 2.24) is 5.32 Å². The Labute approximate surface area is 130 Å².